The molecule has 4 heteroatoms. The predicted molar refractivity (Wildman–Crippen MR) is 66.7 cm³/mol. The molecule has 18 heavy (non-hydrogen) atoms. The van der Waals surface area contributed by atoms with E-state index in [4.69, 9.17) is 9.47 Å². The van der Waals surface area contributed by atoms with Gasteiger partial charge in [0.1, 0.15) is 19.0 Å². The highest BCUT2D eigenvalue weighted by Gasteiger charge is 2.45. The van der Waals surface area contributed by atoms with Gasteiger partial charge in [-0.15, -0.1) is 0 Å². The van der Waals surface area contributed by atoms with Gasteiger partial charge >= 0.3 is 0 Å². The van der Waals surface area contributed by atoms with Gasteiger partial charge in [-0.25, -0.2) is 4.39 Å². The van der Waals surface area contributed by atoms with Crippen molar-refractivity contribution in [2.24, 2.45) is 0 Å². The molecule has 98 valence electrons. The molecule has 0 amide bonds. The number of nitrogens with one attached hydrogen (secondary N) is 1. The molecule has 1 saturated heterocycles. The number of ether oxygens (including phenoxy) is 2. The molecule has 2 unspecified atom stereocenters. The predicted octanol–water partition coefficient (Wildman–Crippen LogP) is 2.01. The first kappa shape index (κ1) is 11.9. The van der Waals surface area contributed by atoms with Gasteiger partial charge in [0.15, 0.2) is 0 Å². The van der Waals surface area contributed by atoms with Crippen molar-refractivity contribution < 1.29 is 13.9 Å². The summed E-state index contributed by atoms with van der Waals surface area (Å²) in [4.78, 5) is 0. The molecule has 0 bridgehead atoms. The first-order valence-corrected chi connectivity index (χ1v) is 6.40. The van der Waals surface area contributed by atoms with E-state index in [1.165, 1.54) is 5.56 Å². The van der Waals surface area contributed by atoms with Crippen LogP contribution < -0.4 is 10.1 Å². The number of hydrogen-bond acceptors (Lipinski definition) is 3. The van der Waals surface area contributed by atoms with E-state index in [0.29, 0.717) is 12.5 Å². The summed E-state index contributed by atoms with van der Waals surface area (Å²) >= 11 is 0. The Bertz CT molecular complexity index is 451. The van der Waals surface area contributed by atoms with Crippen LogP contribution >= 0.6 is 0 Å². The molecule has 3 nitrogen and oxygen atoms in total. The smallest absolute Gasteiger partial charge is 0.125 e. The maximum absolute atomic E-state index is 12.2. The van der Waals surface area contributed by atoms with Crippen molar-refractivity contribution >= 4 is 0 Å². The van der Waals surface area contributed by atoms with Gasteiger partial charge in [-0.3, -0.25) is 0 Å². The normalized spacial score (nSPS) is 29.8. The van der Waals surface area contributed by atoms with E-state index in [-0.39, 0.29) is 12.2 Å². The maximum atomic E-state index is 12.2. The van der Waals surface area contributed by atoms with Crippen LogP contribution in [0.15, 0.2) is 18.2 Å². The van der Waals surface area contributed by atoms with Gasteiger partial charge in [-0.05, 0) is 18.6 Å². The molecule has 2 heterocycles. The molecule has 0 spiro atoms. The van der Waals surface area contributed by atoms with Crippen LogP contribution in [0.1, 0.15) is 24.0 Å². The van der Waals surface area contributed by atoms with Crippen LogP contribution in [0.4, 0.5) is 4.39 Å². The summed E-state index contributed by atoms with van der Waals surface area (Å²) < 4.78 is 23.7. The van der Waals surface area contributed by atoms with Crippen LogP contribution in [0, 0.1) is 0 Å². The third-order valence-corrected chi connectivity index (χ3v) is 3.99. The molecule has 3 rings (SSSR count). The summed E-state index contributed by atoms with van der Waals surface area (Å²) in [6.45, 7) is 4.15. The topological polar surface area (TPSA) is 30.5 Å². The first-order chi connectivity index (χ1) is 8.74. The Kier molecular flexibility index (Phi) is 2.99. The van der Waals surface area contributed by atoms with Gasteiger partial charge < -0.3 is 14.8 Å². The standard InChI is InChI=1S/C14H18FNO2/c1-14-9-16-7-12(14)10-3-2-4-13(17-6-5-15)11(10)8-18-14/h2-4,12,16H,5-9H2,1H3. The molecule has 1 N–H and O–H groups in total. The molecule has 0 saturated carbocycles. The van der Waals surface area contributed by atoms with E-state index in [2.05, 4.69) is 18.3 Å². The Morgan fingerprint density at radius 3 is 3.28 bits per heavy atom. The zero-order valence-corrected chi connectivity index (χ0v) is 10.5. The second kappa shape index (κ2) is 4.52. The lowest BCUT2D eigenvalue weighted by atomic mass is 9.81. The van der Waals surface area contributed by atoms with Gasteiger partial charge in [-0.1, -0.05) is 12.1 Å². The minimum absolute atomic E-state index is 0.108. The minimum atomic E-state index is -0.465. The fraction of sp³-hybridized carbons (Fsp3) is 0.571. The Hall–Kier alpha value is -1.13. The van der Waals surface area contributed by atoms with E-state index in [9.17, 15) is 4.39 Å². The van der Waals surface area contributed by atoms with Crippen molar-refractivity contribution in [2.75, 3.05) is 26.4 Å². The Balaban J connectivity index is 1.96. The van der Waals surface area contributed by atoms with Crippen LogP contribution in [0.25, 0.3) is 0 Å². The quantitative estimate of drug-likeness (QED) is 0.891. The SMILES string of the molecule is CC12CNCC1c1cccc(OCCF)c1CO2. The number of benzene rings is 1. The molecule has 2 aliphatic heterocycles. The first-order valence-electron chi connectivity index (χ1n) is 6.40. The Labute approximate surface area is 106 Å². The summed E-state index contributed by atoms with van der Waals surface area (Å²) in [5.41, 5.74) is 2.24. The third kappa shape index (κ3) is 1.80. The Morgan fingerprint density at radius 1 is 1.56 bits per heavy atom. The second-order valence-corrected chi connectivity index (χ2v) is 5.15. The van der Waals surface area contributed by atoms with Gasteiger partial charge in [0.25, 0.3) is 0 Å². The average molecular weight is 251 g/mol. The number of alkyl halides is 1. The lowest BCUT2D eigenvalue weighted by Gasteiger charge is -2.37. The van der Waals surface area contributed by atoms with E-state index in [0.717, 1.165) is 24.4 Å². The number of halogens is 1. The molecule has 1 aromatic rings. The zero-order valence-electron chi connectivity index (χ0n) is 10.5. The van der Waals surface area contributed by atoms with Crippen molar-refractivity contribution in [3.8, 4) is 5.75 Å². The van der Waals surface area contributed by atoms with Crippen LogP contribution in [0.3, 0.4) is 0 Å². The largest absolute Gasteiger partial charge is 0.490 e. The molecule has 2 atom stereocenters. The fourth-order valence-electron chi connectivity index (χ4n) is 2.98. The molecule has 0 radical (unpaired) electrons. The highest BCUT2D eigenvalue weighted by Crippen LogP contribution is 2.43. The molecule has 2 aliphatic rings. The van der Waals surface area contributed by atoms with E-state index in [1.807, 2.05) is 12.1 Å². The summed E-state index contributed by atoms with van der Waals surface area (Å²) in [6.07, 6.45) is 0. The molecule has 0 aliphatic carbocycles. The summed E-state index contributed by atoms with van der Waals surface area (Å²) in [5, 5.41) is 3.38. The molecule has 0 aromatic heterocycles. The lowest BCUT2D eigenvalue weighted by Crippen LogP contribution is -2.39. The third-order valence-electron chi connectivity index (χ3n) is 3.99. The van der Waals surface area contributed by atoms with Crippen molar-refractivity contribution in [1.82, 2.24) is 5.32 Å². The van der Waals surface area contributed by atoms with E-state index < -0.39 is 6.67 Å². The lowest BCUT2D eigenvalue weighted by molar-refractivity contribution is -0.0527. The summed E-state index contributed by atoms with van der Waals surface area (Å²) in [7, 11) is 0. The second-order valence-electron chi connectivity index (χ2n) is 5.15. The molecule has 1 aromatic carbocycles. The highest BCUT2D eigenvalue weighted by molar-refractivity contribution is 5.45. The van der Waals surface area contributed by atoms with E-state index in [1.54, 1.807) is 0 Å². The van der Waals surface area contributed by atoms with Crippen molar-refractivity contribution in [3.05, 3.63) is 29.3 Å². The van der Waals surface area contributed by atoms with Gasteiger partial charge in [0.05, 0.1) is 12.2 Å². The monoisotopic (exact) mass is 251 g/mol. The van der Waals surface area contributed by atoms with Crippen molar-refractivity contribution in [2.45, 2.75) is 25.0 Å². The van der Waals surface area contributed by atoms with Gasteiger partial charge in [-0.2, -0.15) is 0 Å². The van der Waals surface area contributed by atoms with Crippen LogP contribution in [-0.4, -0.2) is 32.0 Å². The molecule has 1 fully saturated rings. The van der Waals surface area contributed by atoms with Crippen molar-refractivity contribution in [3.63, 3.8) is 0 Å². The summed E-state index contributed by atoms with van der Waals surface area (Å²) in [6, 6.07) is 6.01. The van der Waals surface area contributed by atoms with Crippen LogP contribution in [0.2, 0.25) is 0 Å². The average Bonchev–Trinajstić information content (AvgIpc) is 2.78. The van der Waals surface area contributed by atoms with Crippen LogP contribution in [0.5, 0.6) is 5.75 Å². The number of fused-ring (bicyclic) bond motifs is 3. The Morgan fingerprint density at radius 2 is 2.44 bits per heavy atom. The van der Waals surface area contributed by atoms with Crippen LogP contribution in [-0.2, 0) is 11.3 Å². The van der Waals surface area contributed by atoms with Gasteiger partial charge in [0, 0.05) is 24.6 Å². The number of rotatable bonds is 3. The number of hydrogen-bond donors (Lipinski definition) is 1. The minimum Gasteiger partial charge on any atom is -0.490 e. The highest BCUT2D eigenvalue weighted by atomic mass is 19.1. The molecular weight excluding hydrogens is 233 g/mol. The zero-order chi connectivity index (χ0) is 12.6. The summed E-state index contributed by atoms with van der Waals surface area (Å²) in [5.74, 6) is 1.12. The van der Waals surface area contributed by atoms with E-state index >= 15 is 0 Å². The van der Waals surface area contributed by atoms with Gasteiger partial charge in [0.2, 0.25) is 0 Å². The van der Waals surface area contributed by atoms with Crippen molar-refractivity contribution in [1.29, 1.82) is 0 Å². The fourth-order valence-corrected chi connectivity index (χ4v) is 2.98. The maximum Gasteiger partial charge on any atom is 0.125 e. The molecular formula is C14H18FNO2.